The van der Waals surface area contributed by atoms with Crippen LogP contribution in [0.1, 0.15) is 35.1 Å². The fourth-order valence-corrected chi connectivity index (χ4v) is 6.53. The van der Waals surface area contributed by atoms with Gasteiger partial charge in [-0.1, -0.05) is 97.1 Å². The number of carbonyl (C=O) groups is 2. The van der Waals surface area contributed by atoms with Gasteiger partial charge in [-0.25, -0.2) is 9.59 Å². The van der Waals surface area contributed by atoms with Crippen molar-refractivity contribution in [1.82, 2.24) is 0 Å². The molecule has 0 fully saturated rings. The number of aryl methyl sites for hydroxylation is 4. The van der Waals surface area contributed by atoms with Crippen molar-refractivity contribution in [3.63, 3.8) is 0 Å². The Morgan fingerprint density at radius 2 is 0.714 bits per heavy atom. The molecular formula is C50H48N2O4. The molecule has 0 bridgehead atoms. The molecule has 56 heavy (non-hydrogen) atoms. The predicted octanol–water partition coefficient (Wildman–Crippen LogP) is 12.2. The van der Waals surface area contributed by atoms with Crippen molar-refractivity contribution in [2.75, 3.05) is 23.0 Å². The van der Waals surface area contributed by atoms with Gasteiger partial charge in [0.15, 0.2) is 0 Å². The first-order valence-corrected chi connectivity index (χ1v) is 19.0. The molecule has 0 heterocycles. The average molecular weight is 741 g/mol. The van der Waals surface area contributed by atoms with Crippen molar-refractivity contribution < 1.29 is 19.1 Å². The molecule has 0 spiro atoms. The number of esters is 2. The molecule has 6 rings (SSSR count). The highest BCUT2D eigenvalue weighted by Crippen LogP contribution is 2.38. The Hall–Kier alpha value is -6.66. The van der Waals surface area contributed by atoms with Crippen LogP contribution in [0.5, 0.6) is 0 Å². The molecule has 0 radical (unpaired) electrons. The first kappa shape index (κ1) is 39.0. The summed E-state index contributed by atoms with van der Waals surface area (Å²) < 4.78 is 10.3. The Morgan fingerprint density at radius 3 is 1.00 bits per heavy atom. The standard InChI is InChI=1S/C50H48N2O4/c1-5-49(53)55-35-7-9-39-15-27-45(28-16-39)51(43-23-11-37(3)12-24-43)47-31-19-41(20-32-47)42-21-33-48(34-22-42)52(44-25-13-38(4)14-26-44)46-29-17-40(18-30-46)10-8-36-56-50(54)6-2/h5-6,11-34H,1-2,7-10,35-36H2,3-4H3. The number of ether oxygens (including phenoxy) is 2. The van der Waals surface area contributed by atoms with Crippen LogP contribution in [0.15, 0.2) is 171 Å². The summed E-state index contributed by atoms with van der Waals surface area (Å²) in [5.74, 6) is -0.778. The SMILES string of the molecule is C=CC(=O)OCCCc1ccc(N(c2ccc(C)cc2)c2ccc(-c3ccc(N(c4ccc(C)cc4)c4ccc(CCCOC(=O)C=C)cc4)cc3)cc2)cc1. The highest BCUT2D eigenvalue weighted by atomic mass is 16.5. The minimum atomic E-state index is -0.389. The van der Waals surface area contributed by atoms with Gasteiger partial charge >= 0.3 is 11.9 Å². The van der Waals surface area contributed by atoms with E-state index in [2.05, 4.69) is 182 Å². The maximum atomic E-state index is 11.4. The summed E-state index contributed by atoms with van der Waals surface area (Å²) in [6.07, 6.45) is 5.52. The predicted molar refractivity (Wildman–Crippen MR) is 230 cm³/mol. The normalized spacial score (nSPS) is 10.7. The second-order valence-corrected chi connectivity index (χ2v) is 13.7. The molecule has 0 saturated carbocycles. The number of anilines is 6. The quantitative estimate of drug-likeness (QED) is 0.0527. The fourth-order valence-electron chi connectivity index (χ4n) is 6.53. The lowest BCUT2D eigenvalue weighted by Gasteiger charge is -2.26. The van der Waals surface area contributed by atoms with Crippen LogP contribution in [0.4, 0.5) is 34.1 Å². The van der Waals surface area contributed by atoms with Crippen molar-refractivity contribution >= 4 is 46.1 Å². The van der Waals surface area contributed by atoms with Crippen LogP contribution in [0, 0.1) is 13.8 Å². The van der Waals surface area contributed by atoms with Crippen LogP contribution in [-0.2, 0) is 31.9 Å². The van der Waals surface area contributed by atoms with Crippen molar-refractivity contribution in [3.8, 4) is 11.1 Å². The zero-order chi connectivity index (χ0) is 39.3. The van der Waals surface area contributed by atoms with Gasteiger partial charge in [0.2, 0.25) is 0 Å². The molecule has 0 N–H and O–H groups in total. The molecule has 6 nitrogen and oxygen atoms in total. The molecule has 0 aliphatic heterocycles. The minimum absolute atomic E-state index is 0.371. The van der Waals surface area contributed by atoms with Crippen LogP contribution in [-0.4, -0.2) is 25.2 Å². The number of carbonyl (C=O) groups excluding carboxylic acids is 2. The largest absolute Gasteiger partial charge is 0.463 e. The Morgan fingerprint density at radius 1 is 0.446 bits per heavy atom. The number of benzene rings is 6. The molecule has 6 aromatic carbocycles. The van der Waals surface area contributed by atoms with Crippen molar-refractivity contribution in [1.29, 1.82) is 0 Å². The molecule has 0 amide bonds. The summed E-state index contributed by atoms with van der Waals surface area (Å²) in [5, 5.41) is 0. The second-order valence-electron chi connectivity index (χ2n) is 13.7. The van der Waals surface area contributed by atoms with Crippen molar-refractivity contribution in [3.05, 3.63) is 193 Å². The number of rotatable bonds is 17. The van der Waals surface area contributed by atoms with Crippen LogP contribution in [0.3, 0.4) is 0 Å². The molecule has 0 atom stereocenters. The van der Waals surface area contributed by atoms with E-state index >= 15 is 0 Å². The topological polar surface area (TPSA) is 59.1 Å². The number of hydrogen-bond acceptors (Lipinski definition) is 6. The molecule has 0 aliphatic rings. The van der Waals surface area contributed by atoms with E-state index in [9.17, 15) is 9.59 Å². The average Bonchev–Trinajstić information content (AvgIpc) is 3.24. The van der Waals surface area contributed by atoms with Gasteiger partial charge in [0, 0.05) is 46.3 Å². The summed E-state index contributed by atoms with van der Waals surface area (Å²) in [5.41, 5.74) is 13.4. The smallest absolute Gasteiger partial charge is 0.330 e. The van der Waals surface area contributed by atoms with Gasteiger partial charge in [-0.2, -0.15) is 0 Å². The maximum absolute atomic E-state index is 11.4. The van der Waals surface area contributed by atoms with E-state index in [-0.39, 0.29) is 11.9 Å². The Bertz CT molecular complexity index is 2050. The Balaban J connectivity index is 1.20. The van der Waals surface area contributed by atoms with Gasteiger partial charge in [0.05, 0.1) is 13.2 Å². The highest BCUT2D eigenvalue weighted by Gasteiger charge is 2.15. The molecule has 6 aromatic rings. The van der Waals surface area contributed by atoms with Crippen LogP contribution >= 0.6 is 0 Å². The molecule has 0 aromatic heterocycles. The zero-order valence-corrected chi connectivity index (χ0v) is 32.2. The van der Waals surface area contributed by atoms with E-state index in [1.165, 1.54) is 34.4 Å². The summed E-state index contributed by atoms with van der Waals surface area (Å²) in [4.78, 5) is 27.3. The summed E-state index contributed by atoms with van der Waals surface area (Å²) in [6, 6.07) is 51.7. The minimum Gasteiger partial charge on any atom is -0.463 e. The molecular weight excluding hydrogens is 693 g/mol. The third-order valence-electron chi connectivity index (χ3n) is 9.60. The third-order valence-corrected chi connectivity index (χ3v) is 9.60. The summed E-state index contributed by atoms with van der Waals surface area (Å²) in [6.45, 7) is 11.8. The lowest BCUT2D eigenvalue weighted by molar-refractivity contribution is -0.138. The second kappa shape index (κ2) is 19.1. The molecule has 282 valence electrons. The van der Waals surface area contributed by atoms with E-state index in [1.54, 1.807) is 0 Å². The van der Waals surface area contributed by atoms with Gasteiger partial charge in [0.1, 0.15) is 0 Å². The molecule has 0 unspecified atom stereocenters. The van der Waals surface area contributed by atoms with Crippen LogP contribution in [0.25, 0.3) is 11.1 Å². The monoisotopic (exact) mass is 740 g/mol. The van der Waals surface area contributed by atoms with Gasteiger partial charge in [-0.05, 0) is 135 Å². The van der Waals surface area contributed by atoms with Gasteiger partial charge < -0.3 is 19.3 Å². The summed E-state index contributed by atoms with van der Waals surface area (Å²) >= 11 is 0. The van der Waals surface area contributed by atoms with E-state index < -0.39 is 0 Å². The molecule has 0 saturated heterocycles. The van der Waals surface area contributed by atoms with Gasteiger partial charge in [-0.15, -0.1) is 0 Å². The lowest BCUT2D eigenvalue weighted by Crippen LogP contribution is -2.10. The van der Waals surface area contributed by atoms with Crippen LogP contribution < -0.4 is 9.80 Å². The molecule has 6 heteroatoms. The van der Waals surface area contributed by atoms with Gasteiger partial charge in [0.25, 0.3) is 0 Å². The zero-order valence-electron chi connectivity index (χ0n) is 32.2. The Kier molecular flexibility index (Phi) is 13.3. The van der Waals surface area contributed by atoms with E-state index in [0.717, 1.165) is 70.9 Å². The molecule has 0 aliphatic carbocycles. The Labute approximate surface area is 331 Å². The maximum Gasteiger partial charge on any atom is 0.330 e. The first-order chi connectivity index (χ1) is 27.3. The van der Waals surface area contributed by atoms with Gasteiger partial charge in [-0.3, -0.25) is 0 Å². The number of hydrogen-bond donors (Lipinski definition) is 0. The van der Waals surface area contributed by atoms with E-state index in [1.807, 2.05) is 0 Å². The van der Waals surface area contributed by atoms with Crippen molar-refractivity contribution in [2.45, 2.75) is 39.5 Å². The lowest BCUT2D eigenvalue weighted by atomic mass is 10.0. The highest BCUT2D eigenvalue weighted by molar-refractivity contribution is 5.82. The van der Waals surface area contributed by atoms with E-state index in [0.29, 0.717) is 13.2 Å². The number of nitrogens with zero attached hydrogens (tertiary/aromatic N) is 2. The third kappa shape index (κ3) is 10.3. The fraction of sp³-hybridized carbons (Fsp3) is 0.160. The summed E-state index contributed by atoms with van der Waals surface area (Å²) in [7, 11) is 0. The van der Waals surface area contributed by atoms with Crippen molar-refractivity contribution in [2.24, 2.45) is 0 Å². The van der Waals surface area contributed by atoms with E-state index in [4.69, 9.17) is 9.47 Å². The first-order valence-electron chi connectivity index (χ1n) is 19.0. The van der Waals surface area contributed by atoms with Crippen LogP contribution in [0.2, 0.25) is 0 Å².